The third-order valence-corrected chi connectivity index (χ3v) is 1.69. The quantitative estimate of drug-likeness (QED) is 0.558. The Labute approximate surface area is 67.2 Å². The lowest BCUT2D eigenvalue weighted by atomic mass is 9.96. The van der Waals surface area contributed by atoms with Crippen molar-refractivity contribution in [2.45, 2.75) is 6.32 Å². The van der Waals surface area contributed by atoms with E-state index in [0.717, 1.165) is 17.4 Å². The van der Waals surface area contributed by atoms with Crippen LogP contribution in [0.1, 0.15) is 11.1 Å². The van der Waals surface area contributed by atoms with Crippen molar-refractivity contribution in [2.24, 2.45) is 0 Å². The van der Waals surface area contributed by atoms with E-state index in [0.29, 0.717) is 0 Å². The number of benzene rings is 1. The summed E-state index contributed by atoms with van der Waals surface area (Å²) in [6, 6.07) is 5.17. The summed E-state index contributed by atoms with van der Waals surface area (Å²) in [6.07, 6.45) is 2.38. The molecule has 11 heavy (non-hydrogen) atoms. The van der Waals surface area contributed by atoms with Crippen LogP contribution in [0.3, 0.4) is 0 Å². The molecule has 0 bridgehead atoms. The Morgan fingerprint density at radius 1 is 1.55 bits per heavy atom. The Balaban J connectivity index is 3.09. The van der Waals surface area contributed by atoms with E-state index in [1.165, 1.54) is 6.07 Å². The molecule has 0 radical (unpaired) electrons. The SMILES string of the molecule is BCc1ccc(C=C)cc1F. The van der Waals surface area contributed by atoms with E-state index in [2.05, 4.69) is 6.58 Å². The maximum Gasteiger partial charge on any atom is 0.126 e. The van der Waals surface area contributed by atoms with Gasteiger partial charge in [0.05, 0.1) is 0 Å². The minimum Gasteiger partial charge on any atom is -0.207 e. The molecule has 0 aliphatic rings. The molecule has 0 N–H and O–H groups in total. The molecular formula is C9H10BF. The third-order valence-electron chi connectivity index (χ3n) is 1.69. The molecule has 1 aromatic rings. The number of rotatable bonds is 2. The first kappa shape index (κ1) is 8.06. The Kier molecular flexibility index (Phi) is 2.47. The van der Waals surface area contributed by atoms with Crippen molar-refractivity contribution in [3.63, 3.8) is 0 Å². The van der Waals surface area contributed by atoms with Crippen molar-refractivity contribution in [3.8, 4) is 0 Å². The second-order valence-corrected chi connectivity index (χ2v) is 2.41. The van der Waals surface area contributed by atoms with Crippen molar-refractivity contribution in [1.82, 2.24) is 0 Å². The normalized spacial score (nSPS) is 9.55. The summed E-state index contributed by atoms with van der Waals surface area (Å²) in [4.78, 5) is 0. The van der Waals surface area contributed by atoms with Gasteiger partial charge in [-0.25, -0.2) is 4.39 Å². The minimum atomic E-state index is -0.134. The van der Waals surface area contributed by atoms with E-state index < -0.39 is 0 Å². The van der Waals surface area contributed by atoms with Gasteiger partial charge in [0.2, 0.25) is 0 Å². The van der Waals surface area contributed by atoms with Gasteiger partial charge in [0.15, 0.2) is 0 Å². The van der Waals surface area contributed by atoms with Crippen molar-refractivity contribution in [1.29, 1.82) is 0 Å². The Bertz CT molecular complexity index is 268. The van der Waals surface area contributed by atoms with Crippen LogP contribution in [0.2, 0.25) is 0 Å². The molecule has 0 spiro atoms. The smallest absolute Gasteiger partial charge is 0.126 e. The lowest BCUT2D eigenvalue weighted by Crippen LogP contribution is -1.89. The maximum absolute atomic E-state index is 13.0. The first-order chi connectivity index (χ1) is 5.27. The fraction of sp³-hybridized carbons (Fsp3) is 0.111. The highest BCUT2D eigenvalue weighted by atomic mass is 19.1. The van der Waals surface area contributed by atoms with Gasteiger partial charge in [-0.05, 0) is 17.2 Å². The number of halogens is 1. The van der Waals surface area contributed by atoms with Crippen LogP contribution in [-0.4, -0.2) is 7.85 Å². The molecule has 0 fully saturated rings. The monoisotopic (exact) mass is 148 g/mol. The Hall–Kier alpha value is -1.05. The predicted octanol–water partition coefficient (Wildman–Crippen LogP) is 1.60. The zero-order valence-corrected chi connectivity index (χ0v) is 6.60. The van der Waals surface area contributed by atoms with Gasteiger partial charge in [-0.15, -0.1) is 0 Å². The fourth-order valence-corrected chi connectivity index (χ4v) is 0.977. The van der Waals surface area contributed by atoms with Gasteiger partial charge in [-0.2, -0.15) is 0 Å². The van der Waals surface area contributed by atoms with Crippen molar-refractivity contribution in [3.05, 3.63) is 41.7 Å². The molecule has 0 aliphatic heterocycles. The molecule has 1 aromatic carbocycles. The second kappa shape index (κ2) is 3.38. The number of hydrogen-bond acceptors (Lipinski definition) is 0. The minimum absolute atomic E-state index is 0.134. The Morgan fingerprint density at radius 3 is 2.73 bits per heavy atom. The summed E-state index contributed by atoms with van der Waals surface area (Å²) in [5, 5.41) is 0. The van der Waals surface area contributed by atoms with E-state index in [1.54, 1.807) is 12.1 Å². The van der Waals surface area contributed by atoms with E-state index in [4.69, 9.17) is 0 Å². The molecule has 56 valence electrons. The highest BCUT2D eigenvalue weighted by Crippen LogP contribution is 2.10. The molecule has 0 atom stereocenters. The summed E-state index contributed by atoms with van der Waals surface area (Å²) >= 11 is 0. The van der Waals surface area contributed by atoms with Crippen LogP contribution in [0, 0.1) is 5.82 Å². The average molecular weight is 148 g/mol. The summed E-state index contributed by atoms with van der Waals surface area (Å²) in [5.41, 5.74) is 1.59. The van der Waals surface area contributed by atoms with Crippen LogP contribution >= 0.6 is 0 Å². The molecule has 0 heterocycles. The van der Waals surface area contributed by atoms with Gasteiger partial charge in [0.1, 0.15) is 13.7 Å². The molecule has 2 heteroatoms. The third kappa shape index (κ3) is 1.70. The Morgan fingerprint density at radius 2 is 2.27 bits per heavy atom. The van der Waals surface area contributed by atoms with Gasteiger partial charge in [-0.1, -0.05) is 31.1 Å². The van der Waals surface area contributed by atoms with Crippen LogP contribution in [0.25, 0.3) is 6.08 Å². The zero-order chi connectivity index (χ0) is 8.27. The van der Waals surface area contributed by atoms with Crippen molar-refractivity contribution >= 4 is 13.9 Å². The van der Waals surface area contributed by atoms with Crippen LogP contribution in [0.5, 0.6) is 0 Å². The van der Waals surface area contributed by atoms with Crippen molar-refractivity contribution < 1.29 is 4.39 Å². The fourth-order valence-electron chi connectivity index (χ4n) is 0.977. The van der Waals surface area contributed by atoms with E-state index in [-0.39, 0.29) is 5.82 Å². The molecule has 0 amide bonds. The van der Waals surface area contributed by atoms with Crippen LogP contribution in [-0.2, 0) is 6.32 Å². The van der Waals surface area contributed by atoms with E-state index >= 15 is 0 Å². The first-order valence-electron chi connectivity index (χ1n) is 3.68. The van der Waals surface area contributed by atoms with Gasteiger partial charge >= 0.3 is 0 Å². The lowest BCUT2D eigenvalue weighted by Gasteiger charge is -1.99. The molecule has 0 aromatic heterocycles. The maximum atomic E-state index is 13.0. The zero-order valence-electron chi connectivity index (χ0n) is 6.60. The summed E-state index contributed by atoms with van der Waals surface area (Å²) in [6.45, 7) is 3.56. The van der Waals surface area contributed by atoms with Crippen LogP contribution < -0.4 is 0 Å². The largest absolute Gasteiger partial charge is 0.207 e. The average Bonchev–Trinajstić information content (AvgIpc) is 2.04. The topological polar surface area (TPSA) is 0 Å². The molecule has 0 unspecified atom stereocenters. The highest BCUT2D eigenvalue weighted by molar-refractivity contribution is 6.08. The van der Waals surface area contributed by atoms with Gasteiger partial charge in [0.25, 0.3) is 0 Å². The van der Waals surface area contributed by atoms with Gasteiger partial charge in [-0.3, -0.25) is 0 Å². The van der Waals surface area contributed by atoms with Gasteiger partial charge < -0.3 is 0 Å². The first-order valence-corrected chi connectivity index (χ1v) is 3.68. The lowest BCUT2D eigenvalue weighted by molar-refractivity contribution is 0.616. The summed E-state index contributed by atoms with van der Waals surface area (Å²) in [7, 11) is 1.94. The molecule has 1 rings (SSSR count). The molecule has 0 nitrogen and oxygen atoms in total. The molecular weight excluding hydrogens is 138 g/mol. The molecule has 0 aliphatic carbocycles. The van der Waals surface area contributed by atoms with Crippen LogP contribution in [0.15, 0.2) is 24.8 Å². The van der Waals surface area contributed by atoms with Gasteiger partial charge in [0, 0.05) is 0 Å². The number of hydrogen-bond donors (Lipinski definition) is 0. The standard InChI is InChI=1S/C9H10BF/c1-2-7-3-4-8(6-10)9(11)5-7/h2-5H,1,6,10H2. The highest BCUT2D eigenvalue weighted by Gasteiger charge is 1.98. The molecule has 0 saturated carbocycles. The van der Waals surface area contributed by atoms with Crippen LogP contribution in [0.4, 0.5) is 4.39 Å². The summed E-state index contributed by atoms with van der Waals surface area (Å²) < 4.78 is 13.0. The second-order valence-electron chi connectivity index (χ2n) is 2.41. The van der Waals surface area contributed by atoms with E-state index in [1.807, 2.05) is 13.9 Å². The van der Waals surface area contributed by atoms with Crippen molar-refractivity contribution in [2.75, 3.05) is 0 Å². The van der Waals surface area contributed by atoms with E-state index in [9.17, 15) is 4.39 Å². The summed E-state index contributed by atoms with van der Waals surface area (Å²) in [5.74, 6) is -0.134. The molecule has 0 saturated heterocycles. The predicted molar refractivity (Wildman–Crippen MR) is 48.7 cm³/mol.